The van der Waals surface area contributed by atoms with Crippen LogP contribution in [-0.4, -0.2) is 19.1 Å². The van der Waals surface area contributed by atoms with E-state index in [1.165, 1.54) is 11.1 Å². The van der Waals surface area contributed by atoms with E-state index in [0.29, 0.717) is 17.5 Å². The standard InChI is InChI=1S/C30H28N2O2/c1-34-27-17-7-21(8-18-27)20-31-29-19-28(29)24-13-15-26(16-14-24)32-30(33)25-11-9-23(10-12-25)22-5-3-2-4-6-22/h2-18,28-29,31H,19-20H2,1H3,(H,32,33). The van der Waals surface area contributed by atoms with Gasteiger partial charge >= 0.3 is 0 Å². The molecule has 0 aromatic heterocycles. The van der Waals surface area contributed by atoms with E-state index in [0.717, 1.165) is 35.5 Å². The van der Waals surface area contributed by atoms with Gasteiger partial charge in [0.25, 0.3) is 5.91 Å². The summed E-state index contributed by atoms with van der Waals surface area (Å²) in [6.45, 7) is 0.850. The first kappa shape index (κ1) is 21.9. The van der Waals surface area contributed by atoms with Crippen LogP contribution in [0.4, 0.5) is 5.69 Å². The molecule has 0 bridgehead atoms. The predicted octanol–water partition coefficient (Wildman–Crippen LogP) is 6.26. The van der Waals surface area contributed by atoms with Gasteiger partial charge in [0, 0.05) is 29.8 Å². The minimum absolute atomic E-state index is 0.0992. The Labute approximate surface area is 200 Å². The van der Waals surface area contributed by atoms with Crippen molar-refractivity contribution >= 4 is 11.6 Å². The first-order valence-electron chi connectivity index (χ1n) is 11.6. The normalized spacial score (nSPS) is 16.6. The molecule has 0 spiro atoms. The Morgan fingerprint density at radius 2 is 1.50 bits per heavy atom. The molecular formula is C30H28N2O2. The minimum Gasteiger partial charge on any atom is -0.497 e. The van der Waals surface area contributed by atoms with Crippen LogP contribution < -0.4 is 15.4 Å². The van der Waals surface area contributed by atoms with Crippen molar-refractivity contribution in [1.29, 1.82) is 0 Å². The van der Waals surface area contributed by atoms with E-state index in [1.807, 2.05) is 66.7 Å². The van der Waals surface area contributed by atoms with Gasteiger partial charge in [0.2, 0.25) is 0 Å². The summed E-state index contributed by atoms with van der Waals surface area (Å²) in [5.41, 5.74) is 6.25. The highest BCUT2D eigenvalue weighted by Gasteiger charge is 2.37. The van der Waals surface area contributed by atoms with Crippen LogP contribution in [0.2, 0.25) is 0 Å². The van der Waals surface area contributed by atoms with E-state index in [9.17, 15) is 4.79 Å². The molecule has 1 aliphatic rings. The Morgan fingerprint density at radius 3 is 2.18 bits per heavy atom. The van der Waals surface area contributed by atoms with E-state index < -0.39 is 0 Å². The highest BCUT2D eigenvalue weighted by atomic mass is 16.5. The Hall–Kier alpha value is -3.89. The molecule has 5 rings (SSSR count). The zero-order valence-electron chi connectivity index (χ0n) is 19.2. The van der Waals surface area contributed by atoms with Crippen molar-refractivity contribution in [2.75, 3.05) is 12.4 Å². The summed E-state index contributed by atoms with van der Waals surface area (Å²) in [6.07, 6.45) is 1.13. The molecule has 0 heterocycles. The van der Waals surface area contributed by atoms with Crippen LogP contribution in [0.15, 0.2) is 103 Å². The number of nitrogens with one attached hydrogen (secondary N) is 2. The third-order valence-corrected chi connectivity index (χ3v) is 6.37. The first-order chi connectivity index (χ1) is 16.7. The zero-order chi connectivity index (χ0) is 23.3. The van der Waals surface area contributed by atoms with E-state index >= 15 is 0 Å². The van der Waals surface area contributed by atoms with Gasteiger partial charge in [-0.15, -0.1) is 0 Å². The molecule has 4 aromatic rings. The number of methoxy groups -OCH3 is 1. The SMILES string of the molecule is COc1ccc(CNC2CC2c2ccc(NC(=O)c3ccc(-c4ccccc4)cc3)cc2)cc1. The number of anilines is 1. The van der Waals surface area contributed by atoms with Crippen molar-refractivity contribution in [2.45, 2.75) is 24.9 Å². The summed E-state index contributed by atoms with van der Waals surface area (Å²) in [6, 6.07) is 34.8. The molecule has 0 radical (unpaired) electrons. The molecule has 0 aliphatic heterocycles. The lowest BCUT2D eigenvalue weighted by Crippen LogP contribution is -2.17. The van der Waals surface area contributed by atoms with Gasteiger partial charge in [-0.2, -0.15) is 0 Å². The molecule has 0 saturated heterocycles. The van der Waals surface area contributed by atoms with Crippen LogP contribution in [0.5, 0.6) is 5.75 Å². The first-order valence-corrected chi connectivity index (χ1v) is 11.6. The lowest BCUT2D eigenvalue weighted by Gasteiger charge is -2.08. The molecule has 2 atom stereocenters. The van der Waals surface area contributed by atoms with Crippen LogP contribution in [0.1, 0.15) is 33.8 Å². The van der Waals surface area contributed by atoms with Gasteiger partial charge < -0.3 is 15.4 Å². The van der Waals surface area contributed by atoms with Gasteiger partial charge in [-0.1, -0.05) is 66.7 Å². The summed E-state index contributed by atoms with van der Waals surface area (Å²) < 4.78 is 5.22. The number of carbonyl (C=O) groups is 1. The summed E-state index contributed by atoms with van der Waals surface area (Å²) in [4.78, 5) is 12.7. The maximum atomic E-state index is 12.7. The predicted molar refractivity (Wildman–Crippen MR) is 137 cm³/mol. The van der Waals surface area contributed by atoms with E-state index in [2.05, 4.69) is 47.0 Å². The number of rotatable bonds is 8. The lowest BCUT2D eigenvalue weighted by atomic mass is 10.0. The smallest absolute Gasteiger partial charge is 0.255 e. The summed E-state index contributed by atoms with van der Waals surface area (Å²) in [7, 11) is 1.68. The summed E-state index contributed by atoms with van der Waals surface area (Å²) in [5, 5.41) is 6.64. The van der Waals surface area contributed by atoms with Crippen molar-refractivity contribution in [3.63, 3.8) is 0 Å². The molecule has 1 aliphatic carbocycles. The summed E-state index contributed by atoms with van der Waals surface area (Å²) >= 11 is 0. The van der Waals surface area contributed by atoms with Gasteiger partial charge in [0.05, 0.1) is 7.11 Å². The molecule has 1 fully saturated rings. The molecule has 4 heteroatoms. The van der Waals surface area contributed by atoms with Crippen molar-refractivity contribution < 1.29 is 9.53 Å². The van der Waals surface area contributed by atoms with Gasteiger partial charge in [-0.3, -0.25) is 4.79 Å². The molecule has 4 aromatic carbocycles. The summed E-state index contributed by atoms with van der Waals surface area (Å²) in [5.74, 6) is 1.30. The highest BCUT2D eigenvalue weighted by Crippen LogP contribution is 2.41. The fraction of sp³-hybridized carbons (Fsp3) is 0.167. The average molecular weight is 449 g/mol. The van der Waals surface area contributed by atoms with Crippen LogP contribution in [-0.2, 0) is 6.54 Å². The van der Waals surface area contributed by atoms with Gasteiger partial charge in [0.1, 0.15) is 5.75 Å². The van der Waals surface area contributed by atoms with E-state index in [-0.39, 0.29) is 5.91 Å². The van der Waals surface area contributed by atoms with Crippen molar-refractivity contribution in [3.05, 3.63) is 120 Å². The topological polar surface area (TPSA) is 50.4 Å². The van der Waals surface area contributed by atoms with Crippen molar-refractivity contribution in [3.8, 4) is 16.9 Å². The maximum Gasteiger partial charge on any atom is 0.255 e. The van der Waals surface area contributed by atoms with Crippen LogP contribution in [0.25, 0.3) is 11.1 Å². The maximum absolute atomic E-state index is 12.7. The average Bonchev–Trinajstić information content (AvgIpc) is 3.68. The van der Waals surface area contributed by atoms with Crippen molar-refractivity contribution in [2.24, 2.45) is 0 Å². The number of amides is 1. The number of hydrogen-bond acceptors (Lipinski definition) is 3. The van der Waals surface area contributed by atoms with Crippen LogP contribution in [0, 0.1) is 0 Å². The quantitative estimate of drug-likeness (QED) is 0.334. The zero-order valence-corrected chi connectivity index (χ0v) is 19.2. The number of ether oxygens (including phenoxy) is 1. The molecule has 4 nitrogen and oxygen atoms in total. The van der Waals surface area contributed by atoms with Gasteiger partial charge in [-0.25, -0.2) is 0 Å². The second-order valence-corrected chi connectivity index (χ2v) is 8.70. The number of carbonyl (C=O) groups excluding carboxylic acids is 1. The van der Waals surface area contributed by atoms with E-state index in [1.54, 1.807) is 7.11 Å². The Morgan fingerprint density at radius 1 is 0.824 bits per heavy atom. The van der Waals surface area contributed by atoms with Gasteiger partial charge in [-0.05, 0) is 65.1 Å². The largest absolute Gasteiger partial charge is 0.497 e. The molecule has 1 amide bonds. The fourth-order valence-corrected chi connectivity index (χ4v) is 4.24. The lowest BCUT2D eigenvalue weighted by molar-refractivity contribution is 0.102. The monoisotopic (exact) mass is 448 g/mol. The molecule has 2 N–H and O–H groups in total. The van der Waals surface area contributed by atoms with Crippen LogP contribution in [0.3, 0.4) is 0 Å². The Bertz CT molecular complexity index is 1230. The van der Waals surface area contributed by atoms with Crippen molar-refractivity contribution in [1.82, 2.24) is 5.32 Å². The highest BCUT2D eigenvalue weighted by molar-refractivity contribution is 6.04. The molecule has 34 heavy (non-hydrogen) atoms. The second-order valence-electron chi connectivity index (χ2n) is 8.70. The second kappa shape index (κ2) is 9.94. The third-order valence-electron chi connectivity index (χ3n) is 6.37. The molecule has 2 unspecified atom stereocenters. The molecule has 170 valence electrons. The van der Waals surface area contributed by atoms with Gasteiger partial charge in [0.15, 0.2) is 0 Å². The Kier molecular flexibility index (Phi) is 6.41. The van der Waals surface area contributed by atoms with Crippen LogP contribution >= 0.6 is 0 Å². The van der Waals surface area contributed by atoms with E-state index in [4.69, 9.17) is 4.74 Å². The molecule has 1 saturated carbocycles. The fourth-order valence-electron chi connectivity index (χ4n) is 4.24. The Balaban J connectivity index is 1.13. The molecular weight excluding hydrogens is 420 g/mol. The number of hydrogen-bond donors (Lipinski definition) is 2. The number of benzene rings is 4. The third kappa shape index (κ3) is 5.19. The minimum atomic E-state index is -0.0992.